The predicted octanol–water partition coefficient (Wildman–Crippen LogP) is 2.41. The van der Waals surface area contributed by atoms with Crippen LogP contribution in [-0.2, 0) is 11.2 Å². The number of piperidine rings is 2. The lowest BCUT2D eigenvalue weighted by molar-refractivity contribution is -0.139. The molecule has 0 saturated carbocycles. The Balaban J connectivity index is 1.31. The van der Waals surface area contributed by atoms with E-state index in [4.69, 9.17) is 0 Å². The summed E-state index contributed by atoms with van der Waals surface area (Å²) in [6.07, 6.45) is 6.75. The first-order chi connectivity index (χ1) is 13.8. The maximum atomic E-state index is 12.6. The van der Waals surface area contributed by atoms with Gasteiger partial charge in [0, 0.05) is 32.1 Å². The number of hydrogen-bond donors (Lipinski definition) is 1. The highest BCUT2D eigenvalue weighted by Gasteiger charge is 2.39. The van der Waals surface area contributed by atoms with E-state index in [2.05, 4.69) is 54.0 Å². The summed E-state index contributed by atoms with van der Waals surface area (Å²) in [6.45, 7) is 2.62. The number of amides is 1. The second-order valence-corrected chi connectivity index (χ2v) is 7.72. The van der Waals surface area contributed by atoms with Crippen LogP contribution in [0.1, 0.15) is 24.8 Å². The van der Waals surface area contributed by atoms with Crippen molar-refractivity contribution < 1.29 is 4.79 Å². The van der Waals surface area contributed by atoms with Gasteiger partial charge < -0.3 is 14.8 Å². The van der Waals surface area contributed by atoms with Gasteiger partial charge in [0.25, 0.3) is 0 Å². The van der Waals surface area contributed by atoms with Crippen molar-refractivity contribution >= 4 is 22.9 Å². The van der Waals surface area contributed by atoms with E-state index in [9.17, 15) is 4.79 Å². The minimum Gasteiger partial charge on any atom is -0.354 e. The molecule has 0 spiro atoms. The summed E-state index contributed by atoms with van der Waals surface area (Å²) in [5.74, 6) is 1.72. The van der Waals surface area contributed by atoms with Crippen LogP contribution in [0.5, 0.6) is 0 Å². The minimum atomic E-state index is 0.309. The van der Waals surface area contributed by atoms with E-state index in [-0.39, 0.29) is 0 Å². The molecule has 0 aliphatic carbocycles. The number of carbonyl (C=O) groups is 1. The highest BCUT2D eigenvalue weighted by atomic mass is 16.2. The molecule has 4 heterocycles. The van der Waals surface area contributed by atoms with Gasteiger partial charge in [0.05, 0.1) is 6.33 Å². The highest BCUT2D eigenvalue weighted by Crippen LogP contribution is 2.34. The normalized spacial score (nSPS) is 22.5. The second kappa shape index (κ2) is 7.22. The Morgan fingerprint density at radius 2 is 2.00 bits per heavy atom. The third-order valence-electron chi connectivity index (χ3n) is 6.13. The van der Waals surface area contributed by atoms with E-state index in [0.717, 1.165) is 50.2 Å². The number of aromatic amines is 1. The third kappa shape index (κ3) is 3.10. The van der Waals surface area contributed by atoms with Crippen LogP contribution in [0.4, 0.5) is 5.82 Å². The molecule has 0 bridgehead atoms. The highest BCUT2D eigenvalue weighted by molar-refractivity contribution is 5.83. The van der Waals surface area contributed by atoms with Gasteiger partial charge in [-0.3, -0.25) is 4.79 Å². The largest absolute Gasteiger partial charge is 0.354 e. The molecule has 0 unspecified atom stereocenters. The quantitative estimate of drug-likeness (QED) is 0.757. The van der Waals surface area contributed by atoms with Gasteiger partial charge in [0.2, 0.25) is 5.91 Å². The molecule has 7 heteroatoms. The molecule has 2 aliphatic rings. The Morgan fingerprint density at radius 1 is 1.11 bits per heavy atom. The zero-order valence-corrected chi connectivity index (χ0v) is 15.8. The van der Waals surface area contributed by atoms with E-state index >= 15 is 0 Å². The van der Waals surface area contributed by atoms with Crippen molar-refractivity contribution in [3.8, 4) is 0 Å². The lowest BCUT2D eigenvalue weighted by Gasteiger charge is -2.47. The Hall–Kier alpha value is -2.96. The van der Waals surface area contributed by atoms with Gasteiger partial charge in [-0.2, -0.15) is 0 Å². The van der Waals surface area contributed by atoms with Crippen molar-refractivity contribution in [1.29, 1.82) is 0 Å². The van der Waals surface area contributed by atoms with Gasteiger partial charge >= 0.3 is 0 Å². The molecule has 2 aliphatic heterocycles. The van der Waals surface area contributed by atoms with Crippen LogP contribution in [0.2, 0.25) is 0 Å². The summed E-state index contributed by atoms with van der Waals surface area (Å²) in [7, 11) is 0. The molecular weight excluding hydrogens is 352 g/mol. The maximum Gasteiger partial charge on any atom is 0.222 e. The second-order valence-electron chi connectivity index (χ2n) is 7.72. The van der Waals surface area contributed by atoms with Crippen molar-refractivity contribution in [2.24, 2.45) is 5.92 Å². The van der Waals surface area contributed by atoms with Gasteiger partial charge in [-0.1, -0.05) is 30.3 Å². The van der Waals surface area contributed by atoms with Gasteiger partial charge in [-0.15, -0.1) is 0 Å². The van der Waals surface area contributed by atoms with Crippen LogP contribution in [0.15, 0.2) is 43.0 Å². The Labute approximate surface area is 163 Å². The predicted molar refractivity (Wildman–Crippen MR) is 107 cm³/mol. The molecule has 3 aromatic rings. The molecular formula is C21H24N6O. The molecule has 2 saturated heterocycles. The Kier molecular flexibility index (Phi) is 4.43. The van der Waals surface area contributed by atoms with Gasteiger partial charge in [-0.05, 0) is 30.7 Å². The van der Waals surface area contributed by atoms with Crippen molar-refractivity contribution in [2.75, 3.05) is 24.5 Å². The lowest BCUT2D eigenvalue weighted by atomic mass is 9.83. The molecule has 7 nitrogen and oxygen atoms in total. The standard InChI is InChI=1S/C21H24N6O/c28-18-7-6-16-12-26(21-19-20(23-13-22-19)24-14-25-21)10-9-17(16)27(18)11-8-15-4-2-1-3-5-15/h1-5,13-14,16-17H,6-12H2,(H,22,23,24,25)/t16-,17+/m1/s1. The molecule has 1 amide bonds. The summed E-state index contributed by atoms with van der Waals surface area (Å²) in [5, 5.41) is 0. The fraction of sp³-hybridized carbons (Fsp3) is 0.429. The van der Waals surface area contributed by atoms with E-state index < -0.39 is 0 Å². The SMILES string of the molecule is O=C1CC[C@@H]2CN(c3ncnc4nc[nH]c34)CC[C@@H]2N1CCc1ccccc1. The number of hydrogen-bond acceptors (Lipinski definition) is 5. The molecule has 0 radical (unpaired) electrons. The molecule has 1 aromatic carbocycles. The summed E-state index contributed by atoms with van der Waals surface area (Å²) < 4.78 is 0. The molecule has 2 aromatic heterocycles. The fourth-order valence-electron chi connectivity index (χ4n) is 4.72. The zero-order valence-electron chi connectivity index (χ0n) is 15.8. The number of H-pyrrole nitrogens is 1. The number of benzene rings is 1. The van der Waals surface area contributed by atoms with E-state index in [1.165, 1.54) is 5.56 Å². The Morgan fingerprint density at radius 3 is 2.89 bits per heavy atom. The van der Waals surface area contributed by atoms with Crippen LogP contribution < -0.4 is 4.90 Å². The van der Waals surface area contributed by atoms with Crippen molar-refractivity contribution in [1.82, 2.24) is 24.8 Å². The van der Waals surface area contributed by atoms with Gasteiger partial charge in [-0.25, -0.2) is 15.0 Å². The number of aromatic nitrogens is 4. The zero-order chi connectivity index (χ0) is 18.9. The van der Waals surface area contributed by atoms with Crippen LogP contribution in [0, 0.1) is 5.92 Å². The number of likely N-dealkylation sites (tertiary alicyclic amines) is 1. The molecule has 5 rings (SSSR count). The first kappa shape index (κ1) is 17.2. The lowest BCUT2D eigenvalue weighted by Crippen LogP contribution is -2.56. The van der Waals surface area contributed by atoms with Crippen molar-refractivity contribution in [2.45, 2.75) is 31.7 Å². The van der Waals surface area contributed by atoms with Crippen LogP contribution in [-0.4, -0.2) is 56.4 Å². The number of nitrogens with one attached hydrogen (secondary N) is 1. The average molecular weight is 376 g/mol. The van der Waals surface area contributed by atoms with Crippen LogP contribution in [0.25, 0.3) is 11.2 Å². The summed E-state index contributed by atoms with van der Waals surface area (Å²) in [6, 6.07) is 10.8. The summed E-state index contributed by atoms with van der Waals surface area (Å²) >= 11 is 0. The summed E-state index contributed by atoms with van der Waals surface area (Å²) in [5.41, 5.74) is 2.89. The number of rotatable bonds is 4. The van der Waals surface area contributed by atoms with E-state index in [1.807, 2.05) is 6.07 Å². The van der Waals surface area contributed by atoms with Gasteiger partial charge in [0.15, 0.2) is 11.5 Å². The Bertz CT molecular complexity index is 971. The fourth-order valence-corrected chi connectivity index (χ4v) is 4.72. The number of fused-ring (bicyclic) bond motifs is 2. The van der Waals surface area contributed by atoms with Crippen molar-refractivity contribution in [3.63, 3.8) is 0 Å². The molecule has 2 fully saturated rings. The first-order valence-corrected chi connectivity index (χ1v) is 10.0. The minimum absolute atomic E-state index is 0.309. The summed E-state index contributed by atoms with van der Waals surface area (Å²) in [4.78, 5) is 33.3. The number of nitrogens with zero attached hydrogens (tertiary/aromatic N) is 5. The maximum absolute atomic E-state index is 12.6. The van der Waals surface area contributed by atoms with Gasteiger partial charge in [0.1, 0.15) is 11.8 Å². The molecule has 2 atom stereocenters. The number of imidazole rings is 1. The van der Waals surface area contributed by atoms with Crippen molar-refractivity contribution in [3.05, 3.63) is 48.5 Å². The molecule has 144 valence electrons. The average Bonchev–Trinajstić information content (AvgIpc) is 3.22. The van der Waals surface area contributed by atoms with Crippen LogP contribution >= 0.6 is 0 Å². The van der Waals surface area contributed by atoms with E-state index in [1.54, 1.807) is 12.7 Å². The number of carbonyl (C=O) groups excluding carboxylic acids is 1. The van der Waals surface area contributed by atoms with E-state index in [0.29, 0.717) is 29.9 Å². The molecule has 1 N–H and O–H groups in total. The first-order valence-electron chi connectivity index (χ1n) is 10.0. The monoisotopic (exact) mass is 376 g/mol. The molecule has 28 heavy (non-hydrogen) atoms. The third-order valence-corrected chi connectivity index (χ3v) is 6.13. The number of anilines is 1. The van der Waals surface area contributed by atoms with Crippen LogP contribution in [0.3, 0.4) is 0 Å². The topological polar surface area (TPSA) is 78.0 Å². The smallest absolute Gasteiger partial charge is 0.222 e.